The van der Waals surface area contributed by atoms with Crippen molar-refractivity contribution in [1.29, 1.82) is 0 Å². The second-order valence-corrected chi connectivity index (χ2v) is 4.05. The van der Waals surface area contributed by atoms with Crippen LogP contribution < -0.4 is 11.1 Å². The highest BCUT2D eigenvalue weighted by Gasteiger charge is 2.04. The number of rotatable bonds is 6. The van der Waals surface area contributed by atoms with E-state index in [0.717, 1.165) is 5.56 Å². The van der Waals surface area contributed by atoms with Crippen LogP contribution in [0.25, 0.3) is 0 Å². The lowest BCUT2D eigenvalue weighted by Gasteiger charge is -2.11. The van der Waals surface area contributed by atoms with Crippen molar-refractivity contribution in [2.24, 2.45) is 5.73 Å². The number of aromatic nitrogens is 1. The zero-order valence-corrected chi connectivity index (χ0v) is 10.4. The largest absolute Gasteiger partial charge is 0.389 e. The molecule has 0 saturated carbocycles. The van der Waals surface area contributed by atoms with Crippen LogP contribution in [-0.4, -0.2) is 29.2 Å². The number of thiocarbonyl (C=S) groups is 1. The van der Waals surface area contributed by atoms with Gasteiger partial charge in [-0.1, -0.05) is 12.2 Å². The van der Waals surface area contributed by atoms with Crippen LogP contribution in [0.15, 0.2) is 18.3 Å². The molecule has 0 fully saturated rings. The molecule has 5 heteroatoms. The SMILES string of the molecule is CC(C)OCCNc1ncccc1C(N)=S. The topological polar surface area (TPSA) is 60.2 Å². The van der Waals surface area contributed by atoms with Crippen LogP contribution in [0, 0.1) is 0 Å². The fourth-order valence-electron chi connectivity index (χ4n) is 1.21. The summed E-state index contributed by atoms with van der Waals surface area (Å²) in [4.78, 5) is 4.53. The van der Waals surface area contributed by atoms with Gasteiger partial charge in [-0.15, -0.1) is 0 Å². The van der Waals surface area contributed by atoms with E-state index < -0.39 is 0 Å². The monoisotopic (exact) mass is 239 g/mol. The van der Waals surface area contributed by atoms with Crippen LogP contribution in [0.2, 0.25) is 0 Å². The zero-order chi connectivity index (χ0) is 12.0. The Balaban J connectivity index is 2.50. The molecule has 0 aromatic carbocycles. The summed E-state index contributed by atoms with van der Waals surface area (Å²) in [5.74, 6) is 0.711. The fraction of sp³-hybridized carbons (Fsp3) is 0.455. The first-order chi connectivity index (χ1) is 7.61. The molecule has 1 aromatic rings. The zero-order valence-electron chi connectivity index (χ0n) is 9.56. The molecule has 0 saturated heterocycles. The molecular formula is C11H17N3OS. The molecule has 0 bridgehead atoms. The van der Waals surface area contributed by atoms with Crippen molar-refractivity contribution in [3.05, 3.63) is 23.9 Å². The van der Waals surface area contributed by atoms with Crippen molar-refractivity contribution >= 4 is 23.0 Å². The number of nitrogens with one attached hydrogen (secondary N) is 1. The average molecular weight is 239 g/mol. The predicted octanol–water partition coefficient (Wildman–Crippen LogP) is 1.55. The number of hydrogen-bond donors (Lipinski definition) is 2. The molecule has 3 N–H and O–H groups in total. The van der Waals surface area contributed by atoms with E-state index in [9.17, 15) is 0 Å². The molecule has 0 aliphatic carbocycles. The summed E-state index contributed by atoms with van der Waals surface area (Å²) in [5.41, 5.74) is 6.35. The number of hydrogen-bond acceptors (Lipinski definition) is 4. The molecule has 0 radical (unpaired) electrons. The van der Waals surface area contributed by atoms with E-state index in [2.05, 4.69) is 10.3 Å². The van der Waals surface area contributed by atoms with E-state index in [1.807, 2.05) is 26.0 Å². The standard InChI is InChI=1S/C11H17N3OS/c1-8(2)15-7-6-14-11-9(10(12)16)4-3-5-13-11/h3-5,8H,6-7H2,1-2H3,(H2,12,16)(H,13,14). The van der Waals surface area contributed by atoms with Gasteiger partial charge in [-0.2, -0.15) is 0 Å². The molecule has 88 valence electrons. The van der Waals surface area contributed by atoms with Gasteiger partial charge in [-0.3, -0.25) is 0 Å². The first-order valence-electron chi connectivity index (χ1n) is 5.21. The average Bonchev–Trinajstić information content (AvgIpc) is 2.24. The van der Waals surface area contributed by atoms with Gasteiger partial charge in [0.05, 0.1) is 18.3 Å². The highest BCUT2D eigenvalue weighted by atomic mass is 32.1. The third kappa shape index (κ3) is 4.12. The van der Waals surface area contributed by atoms with E-state index >= 15 is 0 Å². The Morgan fingerprint density at radius 3 is 3.00 bits per heavy atom. The molecule has 0 aliphatic heterocycles. The van der Waals surface area contributed by atoms with Gasteiger partial charge in [-0.25, -0.2) is 4.98 Å². The Morgan fingerprint density at radius 2 is 2.38 bits per heavy atom. The highest BCUT2D eigenvalue weighted by molar-refractivity contribution is 7.80. The first kappa shape index (κ1) is 12.9. The van der Waals surface area contributed by atoms with Crippen molar-refractivity contribution in [2.45, 2.75) is 20.0 Å². The van der Waals surface area contributed by atoms with Crippen molar-refractivity contribution in [3.8, 4) is 0 Å². The molecule has 1 aromatic heterocycles. The lowest BCUT2D eigenvalue weighted by Crippen LogP contribution is -2.18. The van der Waals surface area contributed by atoms with Crippen LogP contribution in [0.4, 0.5) is 5.82 Å². The van der Waals surface area contributed by atoms with Crippen LogP contribution in [0.5, 0.6) is 0 Å². The maximum atomic E-state index is 5.59. The van der Waals surface area contributed by atoms with Crippen molar-refractivity contribution < 1.29 is 4.74 Å². The maximum Gasteiger partial charge on any atom is 0.136 e. The Labute approximate surface area is 101 Å². The molecule has 0 atom stereocenters. The predicted molar refractivity (Wildman–Crippen MR) is 69.7 cm³/mol. The third-order valence-electron chi connectivity index (χ3n) is 1.92. The van der Waals surface area contributed by atoms with Crippen molar-refractivity contribution in [2.75, 3.05) is 18.5 Å². The van der Waals surface area contributed by atoms with Crippen LogP contribution in [-0.2, 0) is 4.74 Å². The van der Waals surface area contributed by atoms with Gasteiger partial charge in [-0.05, 0) is 26.0 Å². The lowest BCUT2D eigenvalue weighted by molar-refractivity contribution is 0.0870. The lowest BCUT2D eigenvalue weighted by atomic mass is 10.2. The maximum absolute atomic E-state index is 5.59. The summed E-state index contributed by atoms with van der Waals surface area (Å²) in [6.45, 7) is 5.32. The van der Waals surface area contributed by atoms with Crippen molar-refractivity contribution in [3.63, 3.8) is 0 Å². The second kappa shape index (κ2) is 6.40. The normalized spacial score (nSPS) is 10.4. The second-order valence-electron chi connectivity index (χ2n) is 3.61. The van der Waals surface area contributed by atoms with Gasteiger partial charge in [0.15, 0.2) is 0 Å². The highest BCUT2D eigenvalue weighted by Crippen LogP contribution is 2.10. The number of ether oxygens (including phenoxy) is 1. The molecular weight excluding hydrogens is 222 g/mol. The molecule has 16 heavy (non-hydrogen) atoms. The molecule has 4 nitrogen and oxygen atoms in total. The van der Waals surface area contributed by atoms with Crippen molar-refractivity contribution in [1.82, 2.24) is 4.98 Å². The van der Waals surface area contributed by atoms with Gasteiger partial charge >= 0.3 is 0 Å². The van der Waals surface area contributed by atoms with E-state index in [1.165, 1.54) is 0 Å². The van der Waals surface area contributed by atoms with Gasteiger partial charge in [0.2, 0.25) is 0 Å². The summed E-state index contributed by atoms with van der Waals surface area (Å²) in [6.07, 6.45) is 1.94. The Bertz CT molecular complexity index is 355. The van der Waals surface area contributed by atoms with E-state index in [0.29, 0.717) is 24.0 Å². The minimum Gasteiger partial charge on any atom is -0.389 e. The number of pyridine rings is 1. The van der Waals surface area contributed by atoms with Gasteiger partial charge in [0.1, 0.15) is 10.8 Å². The van der Waals surface area contributed by atoms with Crippen LogP contribution in [0.1, 0.15) is 19.4 Å². The summed E-state index contributed by atoms with van der Waals surface area (Å²) in [7, 11) is 0. The van der Waals surface area contributed by atoms with E-state index in [1.54, 1.807) is 6.20 Å². The fourth-order valence-corrected chi connectivity index (χ4v) is 1.37. The molecule has 0 unspecified atom stereocenters. The smallest absolute Gasteiger partial charge is 0.136 e. The van der Waals surface area contributed by atoms with E-state index in [4.69, 9.17) is 22.7 Å². The van der Waals surface area contributed by atoms with Crippen LogP contribution >= 0.6 is 12.2 Å². The van der Waals surface area contributed by atoms with E-state index in [-0.39, 0.29) is 6.10 Å². The molecule has 0 amide bonds. The summed E-state index contributed by atoms with van der Waals surface area (Å²) >= 11 is 4.94. The molecule has 0 aliphatic rings. The number of anilines is 1. The Kier molecular flexibility index (Phi) is 5.14. The molecule has 1 rings (SSSR count). The van der Waals surface area contributed by atoms with Gasteiger partial charge < -0.3 is 15.8 Å². The molecule has 1 heterocycles. The molecule has 0 spiro atoms. The quantitative estimate of drug-likeness (QED) is 0.582. The third-order valence-corrected chi connectivity index (χ3v) is 2.14. The summed E-state index contributed by atoms with van der Waals surface area (Å²) < 4.78 is 5.41. The summed E-state index contributed by atoms with van der Waals surface area (Å²) in [6, 6.07) is 3.66. The first-order valence-corrected chi connectivity index (χ1v) is 5.62. The van der Waals surface area contributed by atoms with Gasteiger partial charge in [0.25, 0.3) is 0 Å². The van der Waals surface area contributed by atoms with Gasteiger partial charge in [0, 0.05) is 12.7 Å². The minimum atomic E-state index is 0.237. The number of nitrogens with zero attached hydrogens (tertiary/aromatic N) is 1. The number of nitrogens with two attached hydrogens (primary N) is 1. The van der Waals surface area contributed by atoms with Crippen LogP contribution in [0.3, 0.4) is 0 Å². The minimum absolute atomic E-state index is 0.237. The summed E-state index contributed by atoms with van der Waals surface area (Å²) in [5, 5.41) is 3.15. The Hall–Kier alpha value is -1.20. The Morgan fingerprint density at radius 1 is 1.62 bits per heavy atom.